The first-order valence-corrected chi connectivity index (χ1v) is 10.1. The van der Waals surface area contributed by atoms with Crippen molar-refractivity contribution in [3.05, 3.63) is 65.7 Å². The highest BCUT2D eigenvalue weighted by Gasteiger charge is 2.26. The summed E-state index contributed by atoms with van der Waals surface area (Å²) < 4.78 is 5.16. The minimum absolute atomic E-state index is 0.0799. The van der Waals surface area contributed by atoms with Crippen molar-refractivity contribution in [2.75, 3.05) is 33.3 Å². The molecule has 1 saturated heterocycles. The summed E-state index contributed by atoms with van der Waals surface area (Å²) in [5, 5.41) is 0. The third kappa shape index (κ3) is 5.57. The van der Waals surface area contributed by atoms with E-state index >= 15 is 0 Å². The number of amides is 2. The van der Waals surface area contributed by atoms with Crippen molar-refractivity contribution in [2.45, 2.75) is 25.3 Å². The van der Waals surface area contributed by atoms with E-state index in [-0.39, 0.29) is 11.8 Å². The molecule has 0 aromatic heterocycles. The molecule has 1 fully saturated rings. The quantitative estimate of drug-likeness (QED) is 0.815. The Kier molecular flexibility index (Phi) is 7.25. The van der Waals surface area contributed by atoms with Gasteiger partial charge in [-0.05, 0) is 36.1 Å². The second-order valence-electron chi connectivity index (χ2n) is 7.30. The van der Waals surface area contributed by atoms with Crippen LogP contribution in [-0.2, 0) is 16.0 Å². The maximum Gasteiger partial charge on any atom is 0.244 e. The molecule has 2 aromatic carbocycles. The standard InChI is InChI=1S/C23H29N3O3/c1-29-20-11-8-18(9-12-20)10-13-21(27)25-14-5-15-26(17-16-25)23(28)22(24)19-6-3-2-4-7-19/h2-4,6-9,11-12,22H,5,10,13-17,24H2,1H3. The van der Waals surface area contributed by atoms with Crippen LogP contribution in [0.3, 0.4) is 0 Å². The fourth-order valence-corrected chi connectivity index (χ4v) is 3.59. The van der Waals surface area contributed by atoms with Crippen molar-refractivity contribution in [1.82, 2.24) is 9.80 Å². The zero-order chi connectivity index (χ0) is 20.6. The van der Waals surface area contributed by atoms with Crippen LogP contribution in [-0.4, -0.2) is 54.9 Å². The van der Waals surface area contributed by atoms with Gasteiger partial charge in [-0.2, -0.15) is 0 Å². The van der Waals surface area contributed by atoms with Gasteiger partial charge in [0.05, 0.1) is 7.11 Å². The Hall–Kier alpha value is -2.86. The lowest BCUT2D eigenvalue weighted by molar-refractivity contribution is -0.134. The number of methoxy groups -OCH3 is 1. The first-order valence-electron chi connectivity index (χ1n) is 10.1. The predicted octanol–water partition coefficient (Wildman–Crippen LogP) is 2.39. The highest BCUT2D eigenvalue weighted by atomic mass is 16.5. The van der Waals surface area contributed by atoms with Gasteiger partial charge in [-0.25, -0.2) is 0 Å². The molecule has 1 heterocycles. The summed E-state index contributed by atoms with van der Waals surface area (Å²) in [6, 6.07) is 16.5. The molecular weight excluding hydrogens is 366 g/mol. The number of ether oxygens (including phenoxy) is 1. The van der Waals surface area contributed by atoms with Gasteiger partial charge in [0.15, 0.2) is 0 Å². The molecule has 0 bridgehead atoms. The van der Waals surface area contributed by atoms with Crippen LogP contribution in [0.2, 0.25) is 0 Å². The number of rotatable bonds is 6. The summed E-state index contributed by atoms with van der Waals surface area (Å²) in [6.07, 6.45) is 1.92. The number of carbonyl (C=O) groups excluding carboxylic acids is 2. The molecule has 1 aliphatic heterocycles. The van der Waals surface area contributed by atoms with Crippen molar-refractivity contribution in [2.24, 2.45) is 5.73 Å². The second kappa shape index (κ2) is 10.1. The van der Waals surface area contributed by atoms with Gasteiger partial charge >= 0.3 is 0 Å². The molecule has 6 nitrogen and oxygen atoms in total. The molecule has 29 heavy (non-hydrogen) atoms. The molecule has 0 spiro atoms. The first kappa shape index (κ1) is 20.9. The number of nitrogens with zero attached hydrogens (tertiary/aromatic N) is 2. The zero-order valence-corrected chi connectivity index (χ0v) is 16.9. The normalized spacial score (nSPS) is 15.5. The van der Waals surface area contributed by atoms with Crippen LogP contribution in [0.5, 0.6) is 5.75 Å². The Morgan fingerprint density at radius 1 is 0.966 bits per heavy atom. The fraction of sp³-hybridized carbons (Fsp3) is 0.391. The van der Waals surface area contributed by atoms with Crippen molar-refractivity contribution in [1.29, 1.82) is 0 Å². The second-order valence-corrected chi connectivity index (χ2v) is 7.30. The summed E-state index contributed by atoms with van der Waals surface area (Å²) in [4.78, 5) is 29.1. The molecule has 1 unspecified atom stereocenters. The van der Waals surface area contributed by atoms with Crippen molar-refractivity contribution < 1.29 is 14.3 Å². The maximum absolute atomic E-state index is 12.8. The van der Waals surface area contributed by atoms with E-state index in [1.807, 2.05) is 59.5 Å². The highest BCUT2D eigenvalue weighted by Crippen LogP contribution is 2.16. The van der Waals surface area contributed by atoms with Gasteiger partial charge in [0.25, 0.3) is 0 Å². The van der Waals surface area contributed by atoms with Crippen LogP contribution in [0.1, 0.15) is 30.0 Å². The van der Waals surface area contributed by atoms with E-state index < -0.39 is 6.04 Å². The van der Waals surface area contributed by atoms with Gasteiger partial charge in [-0.15, -0.1) is 0 Å². The Morgan fingerprint density at radius 2 is 1.62 bits per heavy atom. The molecule has 2 N–H and O–H groups in total. The molecule has 2 amide bonds. The summed E-state index contributed by atoms with van der Waals surface area (Å²) >= 11 is 0. The van der Waals surface area contributed by atoms with E-state index in [0.717, 1.165) is 23.3 Å². The van der Waals surface area contributed by atoms with Crippen LogP contribution in [0.4, 0.5) is 0 Å². The number of nitrogens with two attached hydrogens (primary N) is 1. The van der Waals surface area contributed by atoms with E-state index in [1.54, 1.807) is 12.0 Å². The lowest BCUT2D eigenvalue weighted by Gasteiger charge is -2.25. The summed E-state index contributed by atoms with van der Waals surface area (Å²) in [6.45, 7) is 2.37. The summed E-state index contributed by atoms with van der Waals surface area (Å²) in [5.74, 6) is 0.859. The SMILES string of the molecule is COc1ccc(CCC(=O)N2CCCN(C(=O)C(N)c3ccccc3)CC2)cc1. The molecule has 3 rings (SSSR count). The molecule has 0 radical (unpaired) electrons. The van der Waals surface area contributed by atoms with Gasteiger partial charge in [0.2, 0.25) is 11.8 Å². The Bertz CT molecular complexity index is 808. The van der Waals surface area contributed by atoms with E-state index in [1.165, 1.54) is 0 Å². The van der Waals surface area contributed by atoms with Crippen LogP contribution in [0.15, 0.2) is 54.6 Å². The third-order valence-corrected chi connectivity index (χ3v) is 5.37. The first-order chi connectivity index (χ1) is 14.1. The average molecular weight is 396 g/mol. The molecule has 1 atom stereocenters. The number of hydrogen-bond acceptors (Lipinski definition) is 4. The Balaban J connectivity index is 1.50. The van der Waals surface area contributed by atoms with Gasteiger partial charge in [0, 0.05) is 32.6 Å². The zero-order valence-electron chi connectivity index (χ0n) is 16.9. The molecule has 0 saturated carbocycles. The van der Waals surface area contributed by atoms with E-state index in [9.17, 15) is 9.59 Å². The lowest BCUT2D eigenvalue weighted by Crippen LogP contribution is -2.41. The lowest BCUT2D eigenvalue weighted by atomic mass is 10.1. The van der Waals surface area contributed by atoms with Crippen LogP contribution in [0, 0.1) is 0 Å². The molecule has 2 aromatic rings. The van der Waals surface area contributed by atoms with Gasteiger partial charge in [-0.1, -0.05) is 42.5 Å². The van der Waals surface area contributed by atoms with Crippen molar-refractivity contribution >= 4 is 11.8 Å². The van der Waals surface area contributed by atoms with Crippen LogP contribution >= 0.6 is 0 Å². The molecule has 0 aliphatic carbocycles. The van der Waals surface area contributed by atoms with Crippen LogP contribution < -0.4 is 10.5 Å². The van der Waals surface area contributed by atoms with Gasteiger partial charge in [0.1, 0.15) is 11.8 Å². The van der Waals surface area contributed by atoms with Gasteiger partial charge < -0.3 is 20.3 Å². The minimum atomic E-state index is -0.659. The number of carbonyl (C=O) groups is 2. The molecule has 1 aliphatic rings. The van der Waals surface area contributed by atoms with Crippen molar-refractivity contribution in [3.8, 4) is 5.75 Å². The predicted molar refractivity (Wildman–Crippen MR) is 112 cm³/mol. The smallest absolute Gasteiger partial charge is 0.244 e. The van der Waals surface area contributed by atoms with Crippen molar-refractivity contribution in [3.63, 3.8) is 0 Å². The molecular formula is C23H29N3O3. The Labute approximate surface area is 172 Å². The fourth-order valence-electron chi connectivity index (χ4n) is 3.59. The Morgan fingerprint density at radius 3 is 2.31 bits per heavy atom. The molecule has 154 valence electrons. The highest BCUT2D eigenvalue weighted by molar-refractivity contribution is 5.83. The van der Waals surface area contributed by atoms with E-state index in [2.05, 4.69) is 0 Å². The maximum atomic E-state index is 12.8. The molecule has 6 heteroatoms. The topological polar surface area (TPSA) is 75.9 Å². The number of benzene rings is 2. The van der Waals surface area contributed by atoms with E-state index in [0.29, 0.717) is 39.0 Å². The summed E-state index contributed by atoms with van der Waals surface area (Å²) in [7, 11) is 1.64. The van der Waals surface area contributed by atoms with Gasteiger partial charge in [-0.3, -0.25) is 9.59 Å². The minimum Gasteiger partial charge on any atom is -0.497 e. The third-order valence-electron chi connectivity index (χ3n) is 5.37. The van der Waals surface area contributed by atoms with E-state index in [4.69, 9.17) is 10.5 Å². The summed E-state index contributed by atoms with van der Waals surface area (Å²) in [5.41, 5.74) is 8.09. The number of aryl methyl sites for hydroxylation is 1. The largest absolute Gasteiger partial charge is 0.497 e. The van der Waals surface area contributed by atoms with Crippen LogP contribution in [0.25, 0.3) is 0 Å². The average Bonchev–Trinajstić information content (AvgIpc) is 3.04. The number of hydrogen-bond donors (Lipinski definition) is 1. The monoisotopic (exact) mass is 395 g/mol.